The summed E-state index contributed by atoms with van der Waals surface area (Å²) in [6, 6.07) is 1.87. The van der Waals surface area contributed by atoms with Gasteiger partial charge in [-0.3, -0.25) is 0 Å². The van der Waals surface area contributed by atoms with Crippen LogP contribution >= 0.6 is 0 Å². The number of hydrogen-bond acceptors (Lipinski definition) is 3. The van der Waals surface area contributed by atoms with E-state index in [9.17, 15) is 0 Å². The fourth-order valence-electron chi connectivity index (χ4n) is 1.78. The lowest BCUT2D eigenvalue weighted by atomic mass is 9.84. The average Bonchev–Trinajstić information content (AvgIpc) is 2.74. The van der Waals surface area contributed by atoms with Crippen molar-refractivity contribution in [2.45, 2.75) is 46.0 Å². The van der Waals surface area contributed by atoms with Crippen LogP contribution in [0.1, 0.15) is 45.5 Å². The molecule has 3 heteroatoms. The number of aryl methyl sites for hydroxylation is 1. The van der Waals surface area contributed by atoms with Crippen molar-refractivity contribution >= 4 is 11.2 Å². The van der Waals surface area contributed by atoms with Crippen LogP contribution in [0.3, 0.4) is 0 Å². The van der Waals surface area contributed by atoms with Gasteiger partial charge in [-0.2, -0.15) is 0 Å². The number of nitrogens with zero attached hydrogens (tertiary/aromatic N) is 2. The van der Waals surface area contributed by atoms with E-state index in [1.807, 2.05) is 6.07 Å². The highest BCUT2D eigenvalue weighted by Gasteiger charge is 2.24. The van der Waals surface area contributed by atoms with Gasteiger partial charge in [-0.1, -0.05) is 27.7 Å². The topological polar surface area (TPSA) is 38.9 Å². The largest absolute Gasteiger partial charge is 0.445 e. The van der Waals surface area contributed by atoms with Crippen LogP contribution in [-0.2, 0) is 11.8 Å². The summed E-state index contributed by atoms with van der Waals surface area (Å²) in [4.78, 5) is 9.23. The van der Waals surface area contributed by atoms with Gasteiger partial charge in [0, 0.05) is 11.5 Å². The fourth-order valence-corrected chi connectivity index (χ4v) is 1.78. The zero-order valence-corrected chi connectivity index (χ0v) is 10.4. The smallest absolute Gasteiger partial charge is 0.245 e. The molecule has 3 nitrogen and oxygen atoms in total. The molecule has 2 rings (SSSR count). The Morgan fingerprint density at radius 2 is 2.00 bits per heavy atom. The standard InChI is InChI=1S/C13H18N2O/c1-5-9-11(13(3,4)6-2)14-10-7-8-16-12(10)15-9/h7-8H,5-6H2,1-4H3. The molecule has 2 aromatic rings. The summed E-state index contributed by atoms with van der Waals surface area (Å²) < 4.78 is 5.29. The maximum Gasteiger partial charge on any atom is 0.245 e. The van der Waals surface area contributed by atoms with E-state index in [1.54, 1.807) is 6.26 Å². The van der Waals surface area contributed by atoms with Crippen LogP contribution in [0.15, 0.2) is 16.7 Å². The first kappa shape index (κ1) is 11.1. The van der Waals surface area contributed by atoms with Crippen molar-refractivity contribution in [2.75, 3.05) is 0 Å². The van der Waals surface area contributed by atoms with Gasteiger partial charge in [-0.15, -0.1) is 0 Å². The molecule has 0 aliphatic carbocycles. The van der Waals surface area contributed by atoms with E-state index in [2.05, 4.69) is 32.7 Å². The van der Waals surface area contributed by atoms with Crippen LogP contribution in [0.4, 0.5) is 0 Å². The van der Waals surface area contributed by atoms with Crippen molar-refractivity contribution in [2.24, 2.45) is 0 Å². The van der Waals surface area contributed by atoms with Gasteiger partial charge in [-0.05, 0) is 12.8 Å². The Hall–Kier alpha value is -1.38. The fraction of sp³-hybridized carbons (Fsp3) is 0.538. The Bertz CT molecular complexity index is 500. The molecule has 2 aromatic heterocycles. The second-order valence-corrected chi connectivity index (χ2v) is 4.72. The summed E-state index contributed by atoms with van der Waals surface area (Å²) in [5, 5.41) is 0. The number of furan rings is 1. The lowest BCUT2D eigenvalue weighted by Gasteiger charge is -2.23. The average molecular weight is 218 g/mol. The van der Waals surface area contributed by atoms with Crippen molar-refractivity contribution in [3.63, 3.8) is 0 Å². The molecule has 0 saturated heterocycles. The first-order chi connectivity index (χ1) is 7.58. The van der Waals surface area contributed by atoms with Gasteiger partial charge >= 0.3 is 0 Å². The van der Waals surface area contributed by atoms with Crippen LogP contribution in [0.25, 0.3) is 11.2 Å². The molecule has 0 radical (unpaired) electrons. The molecule has 0 amide bonds. The highest BCUT2D eigenvalue weighted by atomic mass is 16.3. The quantitative estimate of drug-likeness (QED) is 0.791. The maximum atomic E-state index is 5.29. The van der Waals surface area contributed by atoms with Gasteiger partial charge in [0.25, 0.3) is 0 Å². The number of rotatable bonds is 3. The van der Waals surface area contributed by atoms with Crippen LogP contribution < -0.4 is 0 Å². The molecular formula is C13H18N2O. The van der Waals surface area contributed by atoms with Crippen LogP contribution in [0, 0.1) is 0 Å². The molecule has 16 heavy (non-hydrogen) atoms. The summed E-state index contributed by atoms with van der Waals surface area (Å²) >= 11 is 0. The van der Waals surface area contributed by atoms with E-state index in [4.69, 9.17) is 9.40 Å². The Morgan fingerprint density at radius 3 is 2.62 bits per heavy atom. The maximum absolute atomic E-state index is 5.29. The lowest BCUT2D eigenvalue weighted by molar-refractivity contribution is 0.482. The van der Waals surface area contributed by atoms with Gasteiger partial charge in [-0.25, -0.2) is 9.97 Å². The first-order valence-corrected chi connectivity index (χ1v) is 5.83. The van der Waals surface area contributed by atoms with Gasteiger partial charge in [0.1, 0.15) is 5.52 Å². The predicted molar refractivity (Wildman–Crippen MR) is 64.5 cm³/mol. The lowest BCUT2D eigenvalue weighted by Crippen LogP contribution is -2.20. The van der Waals surface area contributed by atoms with Crippen molar-refractivity contribution < 1.29 is 4.42 Å². The Morgan fingerprint density at radius 1 is 1.25 bits per heavy atom. The summed E-state index contributed by atoms with van der Waals surface area (Å²) in [5.74, 6) is 0. The minimum atomic E-state index is 0.0732. The molecule has 0 atom stereocenters. The highest BCUT2D eigenvalue weighted by molar-refractivity contribution is 5.68. The third kappa shape index (κ3) is 1.70. The highest BCUT2D eigenvalue weighted by Crippen LogP contribution is 2.29. The van der Waals surface area contributed by atoms with E-state index in [1.165, 1.54) is 0 Å². The molecule has 0 aliphatic rings. The van der Waals surface area contributed by atoms with E-state index in [-0.39, 0.29) is 5.41 Å². The normalized spacial score (nSPS) is 12.2. The van der Waals surface area contributed by atoms with Crippen LogP contribution in [0.2, 0.25) is 0 Å². The van der Waals surface area contributed by atoms with Crippen LogP contribution in [-0.4, -0.2) is 9.97 Å². The molecule has 0 bridgehead atoms. The first-order valence-electron chi connectivity index (χ1n) is 5.83. The molecule has 0 unspecified atom stereocenters. The SMILES string of the molecule is CCc1nc2occc2nc1C(C)(C)CC. The van der Waals surface area contributed by atoms with E-state index < -0.39 is 0 Å². The molecule has 0 aromatic carbocycles. The van der Waals surface area contributed by atoms with E-state index in [0.29, 0.717) is 5.71 Å². The van der Waals surface area contributed by atoms with Crippen molar-refractivity contribution in [3.8, 4) is 0 Å². The molecule has 2 heterocycles. The van der Waals surface area contributed by atoms with Crippen LogP contribution in [0.5, 0.6) is 0 Å². The molecule has 0 spiro atoms. The van der Waals surface area contributed by atoms with E-state index >= 15 is 0 Å². The molecule has 0 fully saturated rings. The molecule has 86 valence electrons. The van der Waals surface area contributed by atoms with Crippen molar-refractivity contribution in [1.29, 1.82) is 0 Å². The number of hydrogen-bond donors (Lipinski definition) is 0. The van der Waals surface area contributed by atoms with Crippen molar-refractivity contribution in [3.05, 3.63) is 23.7 Å². The third-order valence-corrected chi connectivity index (χ3v) is 3.23. The van der Waals surface area contributed by atoms with Crippen molar-refractivity contribution in [1.82, 2.24) is 9.97 Å². The Balaban J connectivity index is 2.66. The second-order valence-electron chi connectivity index (χ2n) is 4.72. The summed E-state index contributed by atoms with van der Waals surface area (Å²) in [7, 11) is 0. The summed E-state index contributed by atoms with van der Waals surface area (Å²) in [6.45, 7) is 8.71. The zero-order chi connectivity index (χ0) is 11.8. The van der Waals surface area contributed by atoms with Gasteiger partial charge in [0.15, 0.2) is 0 Å². The second kappa shape index (κ2) is 3.89. The summed E-state index contributed by atoms with van der Waals surface area (Å²) in [6.07, 6.45) is 3.59. The predicted octanol–water partition coefficient (Wildman–Crippen LogP) is 3.47. The monoisotopic (exact) mass is 218 g/mol. The molecule has 0 saturated carbocycles. The zero-order valence-electron chi connectivity index (χ0n) is 10.4. The third-order valence-electron chi connectivity index (χ3n) is 3.23. The van der Waals surface area contributed by atoms with Gasteiger partial charge in [0.05, 0.1) is 17.7 Å². The molecular weight excluding hydrogens is 200 g/mol. The molecule has 0 N–H and O–H groups in total. The number of aromatic nitrogens is 2. The Labute approximate surface area is 95.9 Å². The minimum Gasteiger partial charge on any atom is -0.445 e. The Kier molecular flexibility index (Phi) is 2.70. The van der Waals surface area contributed by atoms with E-state index in [0.717, 1.165) is 29.7 Å². The summed E-state index contributed by atoms with van der Waals surface area (Å²) in [5.41, 5.74) is 3.73. The minimum absolute atomic E-state index is 0.0732. The van der Waals surface area contributed by atoms with Gasteiger partial charge < -0.3 is 4.42 Å². The van der Waals surface area contributed by atoms with Gasteiger partial charge in [0.2, 0.25) is 5.71 Å². The number of fused-ring (bicyclic) bond motifs is 1. The molecule has 0 aliphatic heterocycles.